The molecule has 0 amide bonds. The number of benzene rings is 6. The first-order valence-corrected chi connectivity index (χ1v) is 34.0. The molecule has 0 bridgehead atoms. The predicted octanol–water partition coefficient (Wildman–Crippen LogP) is 20.6. The first-order chi connectivity index (χ1) is 39.2. The normalized spacial score (nSPS) is 19.1. The van der Waals surface area contributed by atoms with Gasteiger partial charge in [0.15, 0.2) is 0 Å². The van der Waals surface area contributed by atoms with Crippen molar-refractivity contribution in [1.82, 2.24) is 9.13 Å². The number of para-hydroxylation sites is 2. The molecule has 0 saturated carbocycles. The Labute approximate surface area is 481 Å². The molecular formula is C53H48F20N8O2S4+2. The number of hydrogen-bond acceptors (Lipinski definition) is 6. The fraction of sp³-hybridized carbons (Fsp3) is 0.170. The number of rotatable bonds is 4. The van der Waals surface area contributed by atoms with Gasteiger partial charge in [-0.25, -0.2) is 0 Å². The Hall–Kier alpha value is -7.72. The lowest BCUT2D eigenvalue weighted by atomic mass is 10.1. The number of halogens is 20. The second-order valence-corrected chi connectivity index (χ2v) is 30.0. The van der Waals surface area contributed by atoms with E-state index in [1.54, 1.807) is 42.0 Å². The molecule has 0 fully saturated rings. The minimum absolute atomic E-state index is 0.000442. The molecule has 6 aromatic carbocycles. The summed E-state index contributed by atoms with van der Waals surface area (Å²) in [4.78, 5) is 18.8. The highest BCUT2D eigenvalue weighted by Crippen LogP contribution is 3.02. The third-order valence-corrected chi connectivity index (χ3v) is 13.0. The van der Waals surface area contributed by atoms with E-state index in [0.29, 0.717) is 52.0 Å². The van der Waals surface area contributed by atoms with Crippen LogP contribution in [0.4, 0.5) is 89.4 Å². The summed E-state index contributed by atoms with van der Waals surface area (Å²) in [5.74, 6) is 1.26. The van der Waals surface area contributed by atoms with E-state index in [0.717, 1.165) is 33.2 Å². The topological polar surface area (TPSA) is 83.8 Å². The van der Waals surface area contributed by atoms with Gasteiger partial charge >= 0.3 is 16.1 Å². The van der Waals surface area contributed by atoms with Gasteiger partial charge in [-0.2, -0.15) is 9.13 Å². The zero-order valence-corrected chi connectivity index (χ0v) is 49.2. The van der Waals surface area contributed by atoms with Gasteiger partial charge in [-0.3, -0.25) is 0 Å². The maximum atomic E-state index is 15.0. The van der Waals surface area contributed by atoms with Crippen molar-refractivity contribution in [2.75, 3.05) is 25.9 Å². The average Bonchev–Trinajstić information content (AvgIpc) is 1.49. The third-order valence-electron chi connectivity index (χ3n) is 11.9. The van der Waals surface area contributed by atoms with Crippen LogP contribution >= 0.6 is 40.9 Å². The summed E-state index contributed by atoms with van der Waals surface area (Å²) < 4.78 is 251. The Morgan fingerprint density at radius 3 is 1.11 bits per heavy atom. The van der Waals surface area contributed by atoms with Gasteiger partial charge in [0.25, 0.3) is 54.0 Å². The molecule has 2 aromatic heterocycles. The maximum Gasteiger partial charge on any atom is 0.404 e. The predicted molar refractivity (Wildman–Crippen MR) is 304 cm³/mol. The van der Waals surface area contributed by atoms with Gasteiger partial charge in [0.2, 0.25) is 22.6 Å². The van der Waals surface area contributed by atoms with Crippen molar-refractivity contribution in [3.8, 4) is 17.2 Å². The van der Waals surface area contributed by atoms with Gasteiger partial charge in [0, 0.05) is 16.8 Å². The molecule has 0 N–H and O–H groups in total. The molecule has 0 saturated heterocycles. The van der Waals surface area contributed by atoms with Crippen molar-refractivity contribution in [3.05, 3.63) is 179 Å². The minimum Gasteiger partial charge on any atom is -0.497 e. The molecule has 1 spiro atoms. The van der Waals surface area contributed by atoms with Crippen LogP contribution in [0.25, 0.3) is 21.5 Å². The molecule has 8 aromatic rings. The Morgan fingerprint density at radius 2 is 0.747 bits per heavy atom. The van der Waals surface area contributed by atoms with Gasteiger partial charge in [0.05, 0.1) is 58.9 Å². The fourth-order valence-electron chi connectivity index (χ4n) is 9.46. The fourth-order valence-corrected chi connectivity index (χ4v) is 10.1. The summed E-state index contributed by atoms with van der Waals surface area (Å²) in [5, 5.41) is 1.51. The van der Waals surface area contributed by atoms with Crippen LogP contribution in [0.2, 0.25) is 0 Å². The highest BCUT2D eigenvalue weighted by molar-refractivity contribution is 8.46. The van der Waals surface area contributed by atoms with Crippen LogP contribution in [0.15, 0.2) is 170 Å². The zero-order chi connectivity index (χ0) is 65.2. The monoisotopic (exact) mass is 1340 g/mol. The third kappa shape index (κ3) is 14.5. The zero-order valence-electron chi connectivity index (χ0n) is 45.9. The second-order valence-electron chi connectivity index (χ2n) is 19.4. The lowest BCUT2D eigenvalue weighted by Gasteiger charge is -2.40. The van der Waals surface area contributed by atoms with E-state index in [2.05, 4.69) is 0 Å². The van der Waals surface area contributed by atoms with Crippen LogP contribution in [0.5, 0.6) is 17.2 Å². The van der Waals surface area contributed by atoms with Crippen LogP contribution in [0.3, 0.4) is 0 Å². The summed E-state index contributed by atoms with van der Waals surface area (Å²) in [7, 11) is -35.5. The molecule has 0 unspecified atom stereocenters. The van der Waals surface area contributed by atoms with E-state index in [1.807, 2.05) is 145 Å². The molecule has 10 nitrogen and oxygen atoms in total. The number of hydrogen-bond donors (Lipinski definition) is 0. The molecule has 87 heavy (non-hydrogen) atoms. The van der Waals surface area contributed by atoms with Crippen LogP contribution in [0.1, 0.15) is 49.9 Å². The van der Waals surface area contributed by atoms with E-state index in [4.69, 9.17) is 29.4 Å². The van der Waals surface area contributed by atoms with Crippen LogP contribution in [0, 0.1) is 0 Å². The van der Waals surface area contributed by atoms with Gasteiger partial charge < -0.3 is 9.47 Å². The van der Waals surface area contributed by atoms with Crippen LogP contribution < -0.4 is 20.4 Å². The number of aromatic nitrogens is 2. The maximum absolute atomic E-state index is 15.0. The highest BCUT2D eigenvalue weighted by atomic mass is 32.5. The van der Waals surface area contributed by atoms with Crippen molar-refractivity contribution >= 4 is 97.4 Å². The molecule has 6 aliphatic heterocycles. The quantitative estimate of drug-likeness (QED) is 0.130. The van der Waals surface area contributed by atoms with Crippen molar-refractivity contribution in [2.24, 2.45) is 20.0 Å². The lowest BCUT2D eigenvalue weighted by Crippen LogP contribution is -2.71. The number of ether oxygens (including phenoxy) is 2. The molecule has 0 radical (unpaired) electrons. The van der Waals surface area contributed by atoms with E-state index in [-0.39, 0.29) is 28.2 Å². The molecule has 1 atom stereocenters. The molecule has 8 heterocycles. The standard InChI is InChI=1S/C39H19F5N8OS.C7H8O.2C2H6.3CH3F5S/c40-54(41,42,43,44)21-18-28-30(29(19-21)53-20-10-2-1-3-11-20)38-48-36-27-17-9-8-16-26(27)34-46-32-23-13-5-4-12-22(23)31-45-33-24-14-6-7-15-25(24)35-47-37(28)52(38)39(49(31)32,50(33)35)51(34)36;1-8-7-5-3-2-4-6-7;2*1-2;3*1-7(2,3,4,5)6/h1-19H;2-6H,1H3;2*1-2H3;3*1H3/q+2;;;;;;/t39-;;;;;;/m0....../s1. The summed E-state index contributed by atoms with van der Waals surface area (Å²) in [6.07, 6.45) is -2.96. The highest BCUT2D eigenvalue weighted by Gasteiger charge is 2.71. The van der Waals surface area contributed by atoms with E-state index < -0.39 is 76.2 Å². The van der Waals surface area contributed by atoms with E-state index in [1.165, 1.54) is 0 Å². The van der Waals surface area contributed by atoms with Crippen molar-refractivity contribution in [2.45, 2.75) is 38.5 Å². The van der Waals surface area contributed by atoms with Crippen molar-refractivity contribution < 1.29 is 96.3 Å². The summed E-state index contributed by atoms with van der Waals surface area (Å²) in [5.41, 5.74) is 4.10. The first kappa shape index (κ1) is 65.3. The van der Waals surface area contributed by atoms with Gasteiger partial charge in [-0.05, 0) is 66.7 Å². The van der Waals surface area contributed by atoms with Gasteiger partial charge in [-0.15, -0.1) is 9.15 Å². The number of fused-ring (bicyclic) bond motifs is 12. The molecule has 6 aliphatic rings. The Morgan fingerprint density at radius 1 is 0.402 bits per heavy atom. The summed E-state index contributed by atoms with van der Waals surface area (Å²) in [6, 6.07) is 41.6. The Kier molecular flexibility index (Phi) is 13.7. The SMILES string of the molecule is CC.CC.COc1ccccc1.CS(F)(F)(F)(F)F.CS(F)(F)(F)(F)F.CS(F)(F)(F)(F)F.FS(F)(F)(F)(F)c1cc(Oc2ccccc2)c2c3n4c(c2c1)N=C1c2ccccc2C2=[N+]1[C@]41n4c(c5ccccc5c4=NC4=[N+]1C(=N3)c1ccccc14)=N2. The molecule has 14 rings (SSSR count). The number of nitrogens with zero attached hydrogens (tertiary/aromatic N) is 8. The Balaban J connectivity index is 0.000000245. The number of aliphatic imine (C=N–C) groups is 2. The summed E-state index contributed by atoms with van der Waals surface area (Å²) in [6.45, 7) is 8.00. The van der Waals surface area contributed by atoms with Crippen LogP contribution in [-0.2, 0) is 5.91 Å². The number of methoxy groups -OCH3 is 1. The molecule has 0 aliphatic carbocycles. The van der Waals surface area contributed by atoms with Crippen molar-refractivity contribution in [3.63, 3.8) is 0 Å². The minimum atomic E-state index is -10.3. The number of amidine groups is 4. The van der Waals surface area contributed by atoms with E-state index in [9.17, 15) is 77.7 Å². The van der Waals surface area contributed by atoms with Gasteiger partial charge in [-0.1, -0.05) is 198 Å². The smallest absolute Gasteiger partial charge is 0.404 e. The van der Waals surface area contributed by atoms with E-state index >= 15 is 0 Å². The summed E-state index contributed by atoms with van der Waals surface area (Å²) >= 11 is 0. The first-order valence-electron chi connectivity index (χ1n) is 25.0. The largest absolute Gasteiger partial charge is 0.497 e. The lowest BCUT2D eigenvalue weighted by molar-refractivity contribution is -0.790. The molecule has 474 valence electrons. The second kappa shape index (κ2) is 18.2. The molecule has 34 heteroatoms. The van der Waals surface area contributed by atoms with Crippen LogP contribution in [-0.4, -0.2) is 67.5 Å². The van der Waals surface area contributed by atoms with Crippen molar-refractivity contribution in [1.29, 1.82) is 0 Å². The Bertz CT molecular complexity index is 4310. The van der Waals surface area contributed by atoms with Gasteiger partial charge in [0.1, 0.15) is 22.1 Å². The molecular weight excluding hydrogens is 1290 g/mol. The average molecular weight is 1340 g/mol.